The summed E-state index contributed by atoms with van der Waals surface area (Å²) in [4.78, 5) is 6.65. The zero-order valence-electron chi connectivity index (χ0n) is 11.3. The van der Waals surface area contributed by atoms with E-state index in [1.165, 1.54) is 12.1 Å². The molecule has 1 saturated heterocycles. The zero-order chi connectivity index (χ0) is 13.9. The highest BCUT2D eigenvalue weighted by Crippen LogP contribution is 2.18. The van der Waals surface area contributed by atoms with Crippen LogP contribution in [0.4, 0.5) is 4.39 Å². The lowest BCUT2D eigenvalue weighted by molar-refractivity contribution is 0.305. The Bertz CT molecular complexity index is 569. The Morgan fingerprint density at radius 3 is 2.90 bits per heavy atom. The van der Waals surface area contributed by atoms with Crippen LogP contribution in [-0.2, 0) is 6.54 Å². The van der Waals surface area contributed by atoms with E-state index in [2.05, 4.69) is 20.4 Å². The smallest absolute Gasteiger partial charge is 0.257 e. The molecule has 0 saturated carbocycles. The summed E-state index contributed by atoms with van der Waals surface area (Å²) in [5, 5.41) is 7.26. The number of rotatable bonds is 4. The summed E-state index contributed by atoms with van der Waals surface area (Å²) < 4.78 is 18.1. The first kappa shape index (κ1) is 13.2. The average Bonchev–Trinajstić information content (AvgIpc) is 3.09. The third-order valence-corrected chi connectivity index (χ3v) is 3.60. The maximum atomic E-state index is 12.9. The zero-order valence-corrected chi connectivity index (χ0v) is 11.3. The summed E-state index contributed by atoms with van der Waals surface area (Å²) >= 11 is 0. The first-order valence-electron chi connectivity index (χ1n) is 6.73. The second kappa shape index (κ2) is 5.68. The van der Waals surface area contributed by atoms with Crippen molar-refractivity contribution in [1.29, 1.82) is 0 Å². The Morgan fingerprint density at radius 2 is 2.20 bits per heavy atom. The molecule has 2 heterocycles. The van der Waals surface area contributed by atoms with E-state index in [9.17, 15) is 4.39 Å². The van der Waals surface area contributed by atoms with Gasteiger partial charge in [0.1, 0.15) is 5.82 Å². The van der Waals surface area contributed by atoms with Gasteiger partial charge in [-0.05, 0) is 37.7 Å². The molecule has 5 nitrogen and oxygen atoms in total. The average molecular weight is 276 g/mol. The van der Waals surface area contributed by atoms with Crippen LogP contribution in [0.2, 0.25) is 0 Å². The van der Waals surface area contributed by atoms with E-state index in [0.717, 1.165) is 25.1 Å². The van der Waals surface area contributed by atoms with E-state index >= 15 is 0 Å². The maximum absolute atomic E-state index is 12.9. The molecule has 0 aliphatic carbocycles. The molecule has 6 heteroatoms. The lowest BCUT2D eigenvalue weighted by Gasteiger charge is -2.12. The van der Waals surface area contributed by atoms with Crippen LogP contribution >= 0.6 is 0 Å². The topological polar surface area (TPSA) is 54.2 Å². The molecular weight excluding hydrogens is 259 g/mol. The summed E-state index contributed by atoms with van der Waals surface area (Å²) in [6.07, 6.45) is 1.14. The van der Waals surface area contributed by atoms with Crippen molar-refractivity contribution in [2.75, 3.05) is 20.1 Å². The van der Waals surface area contributed by atoms with Gasteiger partial charge in [-0.15, -0.1) is 0 Å². The molecule has 106 valence electrons. The van der Waals surface area contributed by atoms with Crippen LogP contribution in [0.25, 0.3) is 11.5 Å². The third kappa shape index (κ3) is 2.86. The predicted molar refractivity (Wildman–Crippen MR) is 72.4 cm³/mol. The van der Waals surface area contributed by atoms with Crippen molar-refractivity contribution in [1.82, 2.24) is 20.4 Å². The van der Waals surface area contributed by atoms with Gasteiger partial charge >= 0.3 is 0 Å². The molecule has 3 rings (SSSR count). The molecule has 1 aromatic heterocycles. The van der Waals surface area contributed by atoms with Crippen molar-refractivity contribution >= 4 is 0 Å². The van der Waals surface area contributed by atoms with Crippen LogP contribution in [0.1, 0.15) is 12.2 Å². The predicted octanol–water partition coefficient (Wildman–Crippen LogP) is 1.67. The third-order valence-electron chi connectivity index (χ3n) is 3.60. The molecule has 0 bridgehead atoms. The normalized spacial score (nSPS) is 19.6. The fourth-order valence-corrected chi connectivity index (χ4v) is 2.44. The molecule has 20 heavy (non-hydrogen) atoms. The Balaban J connectivity index is 1.66. The largest absolute Gasteiger partial charge is 0.334 e. The van der Waals surface area contributed by atoms with Gasteiger partial charge in [0.25, 0.3) is 5.89 Å². The first-order valence-corrected chi connectivity index (χ1v) is 6.73. The quantitative estimate of drug-likeness (QED) is 0.920. The van der Waals surface area contributed by atoms with E-state index in [0.29, 0.717) is 24.3 Å². The van der Waals surface area contributed by atoms with Crippen molar-refractivity contribution in [2.45, 2.75) is 19.0 Å². The second-order valence-corrected chi connectivity index (χ2v) is 5.03. The van der Waals surface area contributed by atoms with Crippen molar-refractivity contribution in [3.8, 4) is 11.5 Å². The van der Waals surface area contributed by atoms with Crippen molar-refractivity contribution in [3.63, 3.8) is 0 Å². The fourth-order valence-electron chi connectivity index (χ4n) is 2.44. The Hall–Kier alpha value is -1.79. The van der Waals surface area contributed by atoms with Crippen molar-refractivity contribution in [2.24, 2.45) is 0 Å². The highest BCUT2D eigenvalue weighted by Gasteiger charge is 2.22. The fraction of sp³-hybridized carbons (Fsp3) is 0.429. The number of hydrogen-bond acceptors (Lipinski definition) is 5. The number of benzene rings is 1. The number of hydrogen-bond donors (Lipinski definition) is 1. The minimum atomic E-state index is -0.274. The lowest BCUT2D eigenvalue weighted by Crippen LogP contribution is -2.29. The molecule has 1 aliphatic heterocycles. The highest BCUT2D eigenvalue weighted by molar-refractivity contribution is 5.52. The van der Waals surface area contributed by atoms with Gasteiger partial charge < -0.3 is 9.84 Å². The summed E-state index contributed by atoms with van der Waals surface area (Å²) in [5.41, 5.74) is 0.736. The van der Waals surface area contributed by atoms with Crippen LogP contribution in [-0.4, -0.2) is 41.2 Å². The summed E-state index contributed by atoms with van der Waals surface area (Å²) in [6, 6.07) is 6.59. The minimum Gasteiger partial charge on any atom is -0.334 e. The van der Waals surface area contributed by atoms with Gasteiger partial charge in [-0.2, -0.15) is 4.98 Å². The number of likely N-dealkylation sites (tertiary alicyclic amines) is 1. The second-order valence-electron chi connectivity index (χ2n) is 5.03. The molecule has 1 N–H and O–H groups in total. The van der Waals surface area contributed by atoms with E-state index in [4.69, 9.17) is 4.52 Å². The summed E-state index contributed by atoms with van der Waals surface area (Å²) in [6.45, 7) is 2.71. The Kier molecular flexibility index (Phi) is 3.75. The number of nitrogens with one attached hydrogen (secondary N) is 1. The Morgan fingerprint density at radius 1 is 1.40 bits per heavy atom. The lowest BCUT2D eigenvalue weighted by atomic mass is 10.2. The molecule has 1 atom stereocenters. The molecule has 1 fully saturated rings. The SMILES string of the molecule is CNC1CCN(Cc2noc(-c3ccc(F)cc3)n2)C1. The van der Waals surface area contributed by atoms with E-state index in [1.807, 2.05) is 7.05 Å². The molecule has 1 aromatic carbocycles. The highest BCUT2D eigenvalue weighted by atomic mass is 19.1. The van der Waals surface area contributed by atoms with Gasteiger partial charge in [-0.25, -0.2) is 4.39 Å². The van der Waals surface area contributed by atoms with Gasteiger partial charge in [0.2, 0.25) is 0 Å². The van der Waals surface area contributed by atoms with Gasteiger partial charge in [0.15, 0.2) is 5.82 Å². The summed E-state index contributed by atoms with van der Waals surface area (Å²) in [7, 11) is 1.98. The van der Waals surface area contributed by atoms with Crippen molar-refractivity contribution < 1.29 is 8.91 Å². The van der Waals surface area contributed by atoms with Crippen LogP contribution in [0.3, 0.4) is 0 Å². The standard InChI is InChI=1S/C14H17FN4O/c1-16-12-6-7-19(8-12)9-13-17-14(20-18-13)10-2-4-11(15)5-3-10/h2-5,12,16H,6-9H2,1H3. The number of likely N-dealkylation sites (N-methyl/N-ethyl adjacent to an activating group) is 1. The Labute approximate surface area is 116 Å². The van der Waals surface area contributed by atoms with E-state index in [1.54, 1.807) is 12.1 Å². The molecule has 0 radical (unpaired) electrons. The number of halogens is 1. The van der Waals surface area contributed by atoms with Crippen LogP contribution in [0.15, 0.2) is 28.8 Å². The first-order chi connectivity index (χ1) is 9.74. The van der Waals surface area contributed by atoms with Gasteiger partial charge in [0, 0.05) is 24.7 Å². The monoisotopic (exact) mass is 276 g/mol. The van der Waals surface area contributed by atoms with Gasteiger partial charge in [-0.1, -0.05) is 5.16 Å². The van der Waals surface area contributed by atoms with Crippen LogP contribution < -0.4 is 5.32 Å². The molecule has 2 aromatic rings. The molecule has 0 spiro atoms. The minimum absolute atomic E-state index is 0.274. The van der Waals surface area contributed by atoms with E-state index < -0.39 is 0 Å². The molecule has 0 amide bonds. The van der Waals surface area contributed by atoms with Gasteiger partial charge in [-0.3, -0.25) is 4.90 Å². The molecule has 1 unspecified atom stereocenters. The molecule has 1 aliphatic rings. The maximum Gasteiger partial charge on any atom is 0.257 e. The van der Waals surface area contributed by atoms with Gasteiger partial charge in [0.05, 0.1) is 6.54 Å². The number of aromatic nitrogens is 2. The summed E-state index contributed by atoms with van der Waals surface area (Å²) in [5.74, 6) is 0.828. The van der Waals surface area contributed by atoms with Crippen LogP contribution in [0, 0.1) is 5.82 Å². The van der Waals surface area contributed by atoms with Crippen LogP contribution in [0.5, 0.6) is 0 Å². The van der Waals surface area contributed by atoms with Crippen molar-refractivity contribution in [3.05, 3.63) is 35.9 Å². The molecular formula is C14H17FN4O. The van der Waals surface area contributed by atoms with E-state index in [-0.39, 0.29) is 5.82 Å². The number of nitrogens with zero attached hydrogens (tertiary/aromatic N) is 3.